The number of nitrogens with one attached hydrogen (secondary N) is 2. The van der Waals surface area contributed by atoms with Crippen LogP contribution in [0.1, 0.15) is 34.2 Å². The summed E-state index contributed by atoms with van der Waals surface area (Å²) in [5.41, 5.74) is 5.52. The van der Waals surface area contributed by atoms with E-state index in [-0.39, 0.29) is 5.91 Å². The molecule has 2 rings (SSSR count). The van der Waals surface area contributed by atoms with Crippen LogP contribution >= 0.6 is 0 Å². The zero-order chi connectivity index (χ0) is 13.7. The lowest BCUT2D eigenvalue weighted by Crippen LogP contribution is -2.19. The molecule has 6 nitrogen and oxygen atoms in total. The first-order valence-corrected chi connectivity index (χ1v) is 5.99. The van der Waals surface area contributed by atoms with Gasteiger partial charge in [-0.2, -0.15) is 10.2 Å². The van der Waals surface area contributed by atoms with Crippen LogP contribution in [0.25, 0.3) is 0 Å². The molecule has 0 saturated heterocycles. The van der Waals surface area contributed by atoms with Gasteiger partial charge >= 0.3 is 0 Å². The molecule has 0 aliphatic rings. The maximum absolute atomic E-state index is 11.9. The highest BCUT2D eigenvalue weighted by Gasteiger charge is 2.14. The lowest BCUT2D eigenvalue weighted by molar-refractivity contribution is 0.0949. The second-order valence-corrected chi connectivity index (χ2v) is 4.01. The van der Waals surface area contributed by atoms with Crippen LogP contribution in [-0.2, 0) is 6.42 Å². The Morgan fingerprint density at radius 3 is 2.84 bits per heavy atom. The number of hydrazone groups is 1. The Morgan fingerprint density at radius 2 is 2.21 bits per heavy atom. The number of hydrogen-bond acceptors (Lipinski definition) is 4. The Labute approximate surface area is 111 Å². The molecule has 0 aromatic carbocycles. The molecule has 1 amide bonds. The number of aromatic amines is 1. The van der Waals surface area contributed by atoms with Gasteiger partial charge in [-0.15, -0.1) is 0 Å². The van der Waals surface area contributed by atoms with Crippen molar-refractivity contribution in [1.29, 1.82) is 0 Å². The largest absolute Gasteiger partial charge is 0.292 e. The van der Waals surface area contributed by atoms with Crippen molar-refractivity contribution in [3.05, 3.63) is 47.0 Å². The summed E-state index contributed by atoms with van der Waals surface area (Å²) in [6.07, 6.45) is 5.69. The van der Waals surface area contributed by atoms with Crippen LogP contribution in [0.5, 0.6) is 0 Å². The van der Waals surface area contributed by atoms with E-state index in [0.717, 1.165) is 23.2 Å². The van der Waals surface area contributed by atoms with Crippen LogP contribution in [0, 0.1) is 6.92 Å². The lowest BCUT2D eigenvalue weighted by atomic mass is 10.1. The fourth-order valence-corrected chi connectivity index (χ4v) is 1.67. The molecule has 2 heterocycles. The lowest BCUT2D eigenvalue weighted by Gasteiger charge is -1.97. The van der Waals surface area contributed by atoms with Gasteiger partial charge in [0.25, 0.3) is 5.91 Å². The molecule has 0 bridgehead atoms. The summed E-state index contributed by atoms with van der Waals surface area (Å²) in [5.74, 6) is -0.321. The summed E-state index contributed by atoms with van der Waals surface area (Å²) in [4.78, 5) is 15.8. The molecule has 0 aliphatic heterocycles. The van der Waals surface area contributed by atoms with Crippen molar-refractivity contribution in [2.24, 2.45) is 5.10 Å². The second-order valence-electron chi connectivity index (χ2n) is 4.01. The first-order valence-electron chi connectivity index (χ1n) is 5.99. The molecule has 0 atom stereocenters. The fourth-order valence-electron chi connectivity index (χ4n) is 1.67. The van der Waals surface area contributed by atoms with Crippen molar-refractivity contribution >= 4 is 12.1 Å². The Kier molecular flexibility index (Phi) is 4.02. The third-order valence-corrected chi connectivity index (χ3v) is 2.76. The van der Waals surface area contributed by atoms with E-state index in [1.807, 2.05) is 13.8 Å². The number of aryl methyl sites for hydroxylation is 1. The second kappa shape index (κ2) is 5.90. The number of amides is 1. The summed E-state index contributed by atoms with van der Waals surface area (Å²) >= 11 is 0. The van der Waals surface area contributed by atoms with Gasteiger partial charge in [0.15, 0.2) is 5.69 Å². The zero-order valence-corrected chi connectivity index (χ0v) is 10.8. The number of nitrogens with zero attached hydrogens (tertiary/aromatic N) is 3. The minimum absolute atomic E-state index is 0.321. The highest BCUT2D eigenvalue weighted by atomic mass is 16.2. The van der Waals surface area contributed by atoms with Gasteiger partial charge in [0.1, 0.15) is 0 Å². The van der Waals surface area contributed by atoms with Gasteiger partial charge in [-0.3, -0.25) is 14.9 Å². The molecule has 0 radical (unpaired) electrons. The molecule has 98 valence electrons. The van der Waals surface area contributed by atoms with Crippen molar-refractivity contribution in [2.75, 3.05) is 0 Å². The van der Waals surface area contributed by atoms with E-state index in [0.29, 0.717) is 5.69 Å². The molecular weight excluding hydrogens is 242 g/mol. The average Bonchev–Trinajstić information content (AvgIpc) is 2.81. The average molecular weight is 257 g/mol. The third kappa shape index (κ3) is 3.04. The third-order valence-electron chi connectivity index (χ3n) is 2.76. The molecular formula is C13H15N5O. The topological polar surface area (TPSA) is 83.0 Å². The van der Waals surface area contributed by atoms with Gasteiger partial charge in [-0.1, -0.05) is 6.92 Å². The van der Waals surface area contributed by atoms with Crippen molar-refractivity contribution < 1.29 is 4.79 Å². The number of aromatic nitrogens is 3. The Balaban J connectivity index is 2.02. The fraction of sp³-hybridized carbons (Fsp3) is 0.231. The molecule has 0 unspecified atom stereocenters. The van der Waals surface area contributed by atoms with Gasteiger partial charge in [0.05, 0.1) is 6.21 Å². The maximum Gasteiger partial charge on any atom is 0.292 e. The number of H-pyrrole nitrogens is 1. The van der Waals surface area contributed by atoms with E-state index in [9.17, 15) is 4.79 Å². The van der Waals surface area contributed by atoms with Gasteiger partial charge in [0, 0.05) is 23.7 Å². The zero-order valence-electron chi connectivity index (χ0n) is 10.8. The van der Waals surface area contributed by atoms with Crippen LogP contribution in [0.2, 0.25) is 0 Å². The SMILES string of the molecule is CCc1[nH]nc(C(=O)N/N=C/c2ccncc2)c1C. The van der Waals surface area contributed by atoms with Crippen molar-refractivity contribution in [3.8, 4) is 0 Å². The molecule has 6 heteroatoms. The van der Waals surface area contributed by atoms with E-state index in [2.05, 4.69) is 25.7 Å². The number of rotatable bonds is 4. The molecule has 2 aromatic heterocycles. The molecule has 2 N–H and O–H groups in total. The maximum atomic E-state index is 11.9. The van der Waals surface area contributed by atoms with Gasteiger partial charge in [-0.05, 0) is 31.0 Å². The standard InChI is InChI=1S/C13H15N5O/c1-3-11-9(2)12(17-16-11)13(19)18-15-8-10-4-6-14-7-5-10/h4-8H,3H2,1-2H3,(H,16,17)(H,18,19)/b15-8+. The van der Waals surface area contributed by atoms with E-state index in [4.69, 9.17) is 0 Å². The van der Waals surface area contributed by atoms with Crippen molar-refractivity contribution in [3.63, 3.8) is 0 Å². The van der Waals surface area contributed by atoms with Crippen molar-refractivity contribution in [1.82, 2.24) is 20.6 Å². The predicted molar refractivity (Wildman–Crippen MR) is 72.0 cm³/mol. The Morgan fingerprint density at radius 1 is 1.47 bits per heavy atom. The predicted octanol–water partition coefficient (Wildman–Crippen LogP) is 1.44. The summed E-state index contributed by atoms with van der Waals surface area (Å²) in [7, 11) is 0. The smallest absolute Gasteiger partial charge is 0.282 e. The monoisotopic (exact) mass is 257 g/mol. The molecule has 0 spiro atoms. The van der Waals surface area contributed by atoms with Crippen LogP contribution in [0.3, 0.4) is 0 Å². The van der Waals surface area contributed by atoms with Crippen LogP contribution in [0.4, 0.5) is 0 Å². The van der Waals surface area contributed by atoms with Crippen LogP contribution < -0.4 is 5.43 Å². The molecule has 0 saturated carbocycles. The van der Waals surface area contributed by atoms with Crippen LogP contribution in [0.15, 0.2) is 29.6 Å². The van der Waals surface area contributed by atoms with Crippen molar-refractivity contribution in [2.45, 2.75) is 20.3 Å². The van der Waals surface area contributed by atoms with Gasteiger partial charge < -0.3 is 0 Å². The first-order chi connectivity index (χ1) is 9.22. The Bertz CT molecular complexity index is 588. The first kappa shape index (κ1) is 12.9. The quantitative estimate of drug-likeness (QED) is 0.642. The number of hydrogen-bond donors (Lipinski definition) is 2. The summed E-state index contributed by atoms with van der Waals surface area (Å²) in [6, 6.07) is 3.59. The summed E-state index contributed by atoms with van der Waals surface area (Å²) in [6.45, 7) is 3.87. The number of carbonyl (C=O) groups excluding carboxylic acids is 1. The van der Waals surface area contributed by atoms with E-state index in [1.54, 1.807) is 30.7 Å². The molecule has 19 heavy (non-hydrogen) atoms. The minimum atomic E-state index is -0.321. The summed E-state index contributed by atoms with van der Waals surface area (Å²) < 4.78 is 0. The molecule has 0 fully saturated rings. The molecule has 0 aliphatic carbocycles. The van der Waals surface area contributed by atoms with E-state index >= 15 is 0 Å². The number of carbonyl (C=O) groups is 1. The summed E-state index contributed by atoms with van der Waals surface area (Å²) in [5, 5.41) is 10.7. The van der Waals surface area contributed by atoms with E-state index in [1.165, 1.54) is 0 Å². The normalized spacial score (nSPS) is 10.8. The molecule has 2 aromatic rings. The highest BCUT2D eigenvalue weighted by molar-refractivity contribution is 5.94. The number of pyridine rings is 1. The Hall–Kier alpha value is -2.50. The van der Waals surface area contributed by atoms with Gasteiger partial charge in [0.2, 0.25) is 0 Å². The minimum Gasteiger partial charge on any atom is -0.282 e. The van der Waals surface area contributed by atoms with Crippen LogP contribution in [-0.4, -0.2) is 27.3 Å². The van der Waals surface area contributed by atoms with Gasteiger partial charge in [-0.25, -0.2) is 5.43 Å². The van der Waals surface area contributed by atoms with E-state index < -0.39 is 0 Å². The highest BCUT2D eigenvalue weighted by Crippen LogP contribution is 2.09.